The maximum atomic E-state index is 12.2. The first-order chi connectivity index (χ1) is 9.99. The number of urea groups is 1. The zero-order valence-corrected chi connectivity index (χ0v) is 12.6. The van der Waals surface area contributed by atoms with Gasteiger partial charge in [-0.3, -0.25) is 4.90 Å². The second-order valence-corrected chi connectivity index (χ2v) is 4.70. The average Bonchev–Trinajstić information content (AvgIpc) is 2.46. The van der Waals surface area contributed by atoms with Gasteiger partial charge in [0.1, 0.15) is 6.04 Å². The maximum absolute atomic E-state index is 12.2. The number of amides is 2. The van der Waals surface area contributed by atoms with Gasteiger partial charge in [-0.2, -0.15) is 0 Å². The molecule has 0 spiro atoms. The molecule has 6 nitrogen and oxygen atoms in total. The van der Waals surface area contributed by atoms with Crippen molar-refractivity contribution in [3.63, 3.8) is 0 Å². The van der Waals surface area contributed by atoms with Crippen LogP contribution in [0.1, 0.15) is 18.9 Å². The van der Waals surface area contributed by atoms with E-state index in [0.717, 1.165) is 11.3 Å². The third-order valence-corrected chi connectivity index (χ3v) is 3.11. The smallest absolute Gasteiger partial charge is 0.326 e. The number of aliphatic carboxylic acids is 1. The van der Waals surface area contributed by atoms with Crippen molar-refractivity contribution >= 4 is 17.7 Å². The van der Waals surface area contributed by atoms with Crippen molar-refractivity contribution < 1.29 is 19.4 Å². The van der Waals surface area contributed by atoms with Crippen molar-refractivity contribution in [1.29, 1.82) is 0 Å². The van der Waals surface area contributed by atoms with Crippen molar-refractivity contribution in [2.75, 3.05) is 25.2 Å². The Morgan fingerprint density at radius 1 is 1.33 bits per heavy atom. The Bertz CT molecular complexity index is 473. The van der Waals surface area contributed by atoms with Crippen molar-refractivity contribution in [2.45, 2.75) is 26.3 Å². The Morgan fingerprint density at radius 3 is 2.43 bits per heavy atom. The Balaban J connectivity index is 2.77. The number of hydrogen-bond acceptors (Lipinski definition) is 3. The van der Waals surface area contributed by atoms with Crippen LogP contribution >= 0.6 is 0 Å². The fourth-order valence-electron chi connectivity index (χ4n) is 1.89. The molecule has 0 aliphatic carbocycles. The number of nitrogens with one attached hydrogen (secondary N) is 1. The van der Waals surface area contributed by atoms with Gasteiger partial charge in [-0.25, -0.2) is 9.59 Å². The summed E-state index contributed by atoms with van der Waals surface area (Å²) in [4.78, 5) is 24.9. The molecular weight excluding hydrogens is 272 g/mol. The predicted molar refractivity (Wildman–Crippen MR) is 80.6 cm³/mol. The monoisotopic (exact) mass is 294 g/mol. The molecule has 0 heterocycles. The number of benzene rings is 1. The fourth-order valence-corrected chi connectivity index (χ4v) is 1.89. The van der Waals surface area contributed by atoms with E-state index in [1.54, 1.807) is 0 Å². The van der Waals surface area contributed by atoms with E-state index in [4.69, 9.17) is 9.84 Å². The quantitative estimate of drug-likeness (QED) is 0.806. The first kappa shape index (κ1) is 17.0. The molecule has 0 saturated heterocycles. The summed E-state index contributed by atoms with van der Waals surface area (Å²) in [6, 6.07) is 6.10. The minimum atomic E-state index is -1.07. The zero-order chi connectivity index (χ0) is 15.8. The van der Waals surface area contributed by atoms with E-state index in [-0.39, 0.29) is 13.0 Å². The molecule has 0 bridgehead atoms. The Morgan fingerprint density at radius 2 is 1.95 bits per heavy atom. The highest BCUT2D eigenvalue weighted by Gasteiger charge is 2.23. The molecule has 21 heavy (non-hydrogen) atoms. The molecule has 0 radical (unpaired) electrons. The molecule has 2 amide bonds. The fraction of sp³-hybridized carbons (Fsp3) is 0.467. The van der Waals surface area contributed by atoms with Crippen molar-refractivity contribution in [2.24, 2.45) is 0 Å². The first-order valence-electron chi connectivity index (χ1n) is 6.86. The summed E-state index contributed by atoms with van der Waals surface area (Å²) >= 11 is 0. The third kappa shape index (κ3) is 5.07. The van der Waals surface area contributed by atoms with Crippen LogP contribution in [-0.2, 0) is 9.53 Å². The van der Waals surface area contributed by atoms with Crippen LogP contribution in [0.5, 0.6) is 0 Å². The largest absolute Gasteiger partial charge is 0.480 e. The average molecular weight is 294 g/mol. The number of anilines is 1. The lowest BCUT2D eigenvalue weighted by Crippen LogP contribution is -2.48. The lowest BCUT2D eigenvalue weighted by molar-refractivity contribution is -0.139. The van der Waals surface area contributed by atoms with Gasteiger partial charge in [0, 0.05) is 32.4 Å². The van der Waals surface area contributed by atoms with Crippen LogP contribution < -0.4 is 10.2 Å². The van der Waals surface area contributed by atoms with E-state index in [0.29, 0.717) is 6.54 Å². The number of nitrogens with zero attached hydrogens (tertiary/aromatic N) is 1. The van der Waals surface area contributed by atoms with Crippen molar-refractivity contribution in [1.82, 2.24) is 5.32 Å². The van der Waals surface area contributed by atoms with Crippen LogP contribution in [0.4, 0.5) is 10.5 Å². The number of carbonyl (C=O) groups is 2. The molecule has 1 unspecified atom stereocenters. The van der Waals surface area contributed by atoms with Crippen LogP contribution in [-0.4, -0.2) is 43.4 Å². The second kappa shape index (κ2) is 8.26. The Labute approximate surface area is 124 Å². The molecule has 1 aromatic carbocycles. The van der Waals surface area contributed by atoms with E-state index in [9.17, 15) is 9.59 Å². The second-order valence-electron chi connectivity index (χ2n) is 4.70. The van der Waals surface area contributed by atoms with E-state index in [1.165, 1.54) is 12.0 Å². The molecule has 1 atom stereocenters. The summed E-state index contributed by atoms with van der Waals surface area (Å²) in [5.41, 5.74) is 1.83. The molecule has 0 aliphatic rings. The van der Waals surface area contributed by atoms with Crippen LogP contribution in [0.25, 0.3) is 0 Å². The number of methoxy groups -OCH3 is 1. The summed E-state index contributed by atoms with van der Waals surface area (Å²) in [6.45, 7) is 4.52. The van der Waals surface area contributed by atoms with Crippen molar-refractivity contribution in [3.05, 3.63) is 29.8 Å². The molecule has 0 aliphatic heterocycles. The van der Waals surface area contributed by atoms with Gasteiger partial charge in [-0.15, -0.1) is 0 Å². The number of carboxylic acid groups (broad SMARTS) is 1. The summed E-state index contributed by atoms with van der Waals surface area (Å²) in [5.74, 6) is -1.07. The molecule has 0 aromatic heterocycles. The molecule has 6 heteroatoms. The molecule has 0 saturated carbocycles. The number of carboxylic acids is 1. The molecule has 1 rings (SSSR count). The van der Waals surface area contributed by atoms with E-state index in [1.807, 2.05) is 38.1 Å². The van der Waals surface area contributed by atoms with Gasteiger partial charge in [0.05, 0.1) is 0 Å². The predicted octanol–water partition coefficient (Wildman–Crippen LogP) is 2.02. The third-order valence-electron chi connectivity index (χ3n) is 3.11. The zero-order valence-electron chi connectivity index (χ0n) is 12.6. The van der Waals surface area contributed by atoms with Gasteiger partial charge in [-0.05, 0) is 26.0 Å². The highest BCUT2D eigenvalue weighted by Crippen LogP contribution is 2.15. The molecule has 1 aromatic rings. The number of hydrogen-bond donors (Lipinski definition) is 2. The molecule has 0 fully saturated rings. The van der Waals surface area contributed by atoms with Crippen LogP contribution in [0.15, 0.2) is 24.3 Å². The Hall–Kier alpha value is -2.08. The van der Waals surface area contributed by atoms with Gasteiger partial charge < -0.3 is 15.2 Å². The van der Waals surface area contributed by atoms with Crippen LogP contribution in [0.2, 0.25) is 0 Å². The molecule has 2 N–H and O–H groups in total. The SMILES string of the molecule is CCN(C(=O)NC(CCOC)C(=O)O)c1ccc(C)cc1. The van der Waals surface area contributed by atoms with Crippen LogP contribution in [0, 0.1) is 6.92 Å². The van der Waals surface area contributed by atoms with Gasteiger partial charge >= 0.3 is 12.0 Å². The summed E-state index contributed by atoms with van der Waals surface area (Å²) in [5, 5.41) is 11.6. The van der Waals surface area contributed by atoms with Gasteiger partial charge in [0.2, 0.25) is 0 Å². The van der Waals surface area contributed by atoms with Gasteiger partial charge in [0.15, 0.2) is 0 Å². The van der Waals surface area contributed by atoms with Crippen LogP contribution in [0.3, 0.4) is 0 Å². The first-order valence-corrected chi connectivity index (χ1v) is 6.86. The maximum Gasteiger partial charge on any atom is 0.326 e. The molecule has 116 valence electrons. The van der Waals surface area contributed by atoms with Crippen molar-refractivity contribution in [3.8, 4) is 0 Å². The van der Waals surface area contributed by atoms with Gasteiger partial charge in [0.25, 0.3) is 0 Å². The lowest BCUT2D eigenvalue weighted by atomic mass is 10.2. The highest BCUT2D eigenvalue weighted by atomic mass is 16.5. The lowest BCUT2D eigenvalue weighted by Gasteiger charge is -2.24. The minimum absolute atomic E-state index is 0.225. The standard InChI is InChI=1S/C15H22N2O4/c1-4-17(12-7-5-11(2)6-8-12)15(20)16-13(14(18)19)9-10-21-3/h5-8,13H,4,9-10H2,1-3H3,(H,16,20)(H,18,19). The van der Waals surface area contributed by atoms with E-state index < -0.39 is 18.0 Å². The number of carbonyl (C=O) groups excluding carboxylic acids is 1. The summed E-state index contributed by atoms with van der Waals surface area (Å²) < 4.78 is 4.86. The summed E-state index contributed by atoms with van der Waals surface area (Å²) in [7, 11) is 1.49. The normalized spacial score (nSPS) is 11.8. The minimum Gasteiger partial charge on any atom is -0.480 e. The topological polar surface area (TPSA) is 78.9 Å². The summed E-state index contributed by atoms with van der Waals surface area (Å²) in [6.07, 6.45) is 0.225. The number of ether oxygens (including phenoxy) is 1. The number of aryl methyl sites for hydroxylation is 1. The highest BCUT2D eigenvalue weighted by molar-refractivity contribution is 5.94. The Kier molecular flexibility index (Phi) is 6.68. The van der Waals surface area contributed by atoms with Gasteiger partial charge in [-0.1, -0.05) is 17.7 Å². The number of rotatable bonds is 7. The van der Waals surface area contributed by atoms with E-state index in [2.05, 4.69) is 5.32 Å². The van der Waals surface area contributed by atoms with E-state index >= 15 is 0 Å². The molecular formula is C15H22N2O4.